The van der Waals surface area contributed by atoms with Gasteiger partial charge in [-0.1, -0.05) is 11.6 Å². The normalized spacial score (nSPS) is 21.4. The maximum absolute atomic E-state index is 12.4. The fraction of sp³-hybridized carbons (Fsp3) is 0.333. The molecule has 1 atom stereocenters. The molecule has 5 nitrogen and oxygen atoms in total. The summed E-state index contributed by atoms with van der Waals surface area (Å²) in [5, 5.41) is 5.77. The van der Waals surface area contributed by atoms with Crippen LogP contribution in [0.25, 0.3) is 0 Å². The first kappa shape index (κ1) is 13.8. The Bertz CT molecular complexity index is 742. The third kappa shape index (κ3) is 2.53. The lowest BCUT2D eigenvalue weighted by Crippen LogP contribution is -2.19. The molecule has 2 aromatic heterocycles. The van der Waals surface area contributed by atoms with Crippen molar-refractivity contribution in [2.24, 2.45) is 0 Å². The molecule has 1 aliphatic rings. The predicted molar refractivity (Wildman–Crippen MR) is 81.0 cm³/mol. The van der Waals surface area contributed by atoms with Crippen LogP contribution in [0.2, 0.25) is 5.02 Å². The highest BCUT2D eigenvalue weighted by Gasteiger charge is 2.25. The van der Waals surface area contributed by atoms with Gasteiger partial charge in [0.1, 0.15) is 17.0 Å². The zero-order chi connectivity index (χ0) is 14.2. The lowest BCUT2D eigenvalue weighted by Gasteiger charge is -2.20. The van der Waals surface area contributed by atoms with Crippen LogP contribution in [0, 0.1) is 4.78 Å². The van der Waals surface area contributed by atoms with E-state index in [2.05, 4.69) is 15.3 Å². The second-order valence-corrected chi connectivity index (χ2v) is 8.10. The van der Waals surface area contributed by atoms with Crippen LogP contribution in [0.5, 0.6) is 0 Å². The number of aromatic nitrogens is 2. The van der Waals surface area contributed by atoms with E-state index in [4.69, 9.17) is 16.4 Å². The zero-order valence-corrected chi connectivity index (χ0v) is 12.9. The quantitative estimate of drug-likeness (QED) is 0.907. The number of thiophene rings is 1. The monoisotopic (exact) mass is 328 g/mol. The Morgan fingerprint density at radius 2 is 2.35 bits per heavy atom. The smallest absolute Gasteiger partial charge is 0.147 e. The Morgan fingerprint density at radius 3 is 3.10 bits per heavy atom. The molecule has 0 radical (unpaired) electrons. The van der Waals surface area contributed by atoms with E-state index in [9.17, 15) is 4.21 Å². The van der Waals surface area contributed by atoms with E-state index < -0.39 is 9.73 Å². The minimum absolute atomic E-state index is 0.377. The van der Waals surface area contributed by atoms with Gasteiger partial charge in [0.15, 0.2) is 0 Å². The van der Waals surface area contributed by atoms with Crippen LogP contribution < -0.4 is 5.32 Å². The summed E-state index contributed by atoms with van der Waals surface area (Å²) in [6.07, 6.45) is 2.95. The van der Waals surface area contributed by atoms with E-state index in [1.807, 2.05) is 11.4 Å². The number of aryl methyl sites for hydroxylation is 1. The summed E-state index contributed by atoms with van der Waals surface area (Å²) < 4.78 is 20.4. The van der Waals surface area contributed by atoms with Gasteiger partial charge >= 0.3 is 0 Å². The SMILES string of the molecule is N=S1(=O)CCCc2ncnc(NCc3sccc3Cl)c21. The van der Waals surface area contributed by atoms with Crippen LogP contribution in [0.3, 0.4) is 0 Å². The number of nitrogens with one attached hydrogen (secondary N) is 2. The first-order chi connectivity index (χ1) is 9.58. The number of hydrogen-bond donors (Lipinski definition) is 2. The van der Waals surface area contributed by atoms with Gasteiger partial charge in [0.25, 0.3) is 0 Å². The molecule has 0 spiro atoms. The molecule has 0 amide bonds. The van der Waals surface area contributed by atoms with Gasteiger partial charge in [-0.3, -0.25) is 0 Å². The first-order valence-corrected chi connectivity index (χ1v) is 9.12. The van der Waals surface area contributed by atoms with Crippen molar-refractivity contribution < 1.29 is 4.21 Å². The van der Waals surface area contributed by atoms with Crippen LogP contribution in [-0.4, -0.2) is 19.9 Å². The average Bonchev–Trinajstić information content (AvgIpc) is 2.81. The van der Waals surface area contributed by atoms with E-state index in [0.717, 1.165) is 23.4 Å². The van der Waals surface area contributed by atoms with Gasteiger partial charge in [0.05, 0.1) is 27.0 Å². The third-order valence-corrected chi connectivity index (χ3v) is 6.50. The predicted octanol–water partition coefficient (Wildman–Crippen LogP) is 3.16. The van der Waals surface area contributed by atoms with Gasteiger partial charge in [0.2, 0.25) is 0 Å². The van der Waals surface area contributed by atoms with Crippen LogP contribution in [0.1, 0.15) is 17.0 Å². The number of anilines is 1. The van der Waals surface area contributed by atoms with E-state index in [-0.39, 0.29) is 0 Å². The molecule has 2 N–H and O–H groups in total. The molecule has 0 saturated carbocycles. The Labute approximate surface area is 126 Å². The van der Waals surface area contributed by atoms with Crippen molar-refractivity contribution in [3.8, 4) is 0 Å². The second-order valence-electron chi connectivity index (χ2n) is 4.53. The highest BCUT2D eigenvalue weighted by molar-refractivity contribution is 7.92. The highest BCUT2D eigenvalue weighted by Crippen LogP contribution is 2.30. The second kappa shape index (κ2) is 5.31. The molecule has 0 bridgehead atoms. The van der Waals surface area contributed by atoms with Gasteiger partial charge < -0.3 is 5.32 Å². The maximum Gasteiger partial charge on any atom is 0.147 e. The molecule has 1 aliphatic heterocycles. The summed E-state index contributed by atoms with van der Waals surface area (Å²) >= 11 is 7.60. The topological polar surface area (TPSA) is 78.7 Å². The minimum Gasteiger partial charge on any atom is -0.364 e. The van der Waals surface area contributed by atoms with Gasteiger partial charge in [-0.25, -0.2) is 19.0 Å². The van der Waals surface area contributed by atoms with Crippen LogP contribution in [0.15, 0.2) is 22.7 Å². The van der Waals surface area contributed by atoms with Gasteiger partial charge in [-0.05, 0) is 24.3 Å². The number of halogens is 1. The molecule has 0 saturated heterocycles. The van der Waals surface area contributed by atoms with Crippen LogP contribution >= 0.6 is 22.9 Å². The molecule has 106 valence electrons. The van der Waals surface area contributed by atoms with Crippen molar-refractivity contribution in [1.82, 2.24) is 9.97 Å². The number of fused-ring (bicyclic) bond motifs is 1. The van der Waals surface area contributed by atoms with Crippen molar-refractivity contribution in [3.63, 3.8) is 0 Å². The highest BCUT2D eigenvalue weighted by atomic mass is 35.5. The molecule has 20 heavy (non-hydrogen) atoms. The molecule has 3 heterocycles. The number of hydrogen-bond acceptors (Lipinski definition) is 6. The molecule has 0 fully saturated rings. The Morgan fingerprint density at radius 1 is 1.50 bits per heavy atom. The van der Waals surface area contributed by atoms with Crippen molar-refractivity contribution in [2.45, 2.75) is 24.3 Å². The summed E-state index contributed by atoms with van der Waals surface area (Å²) in [6.45, 7) is 0.509. The standard InChI is InChI=1S/C12H13ClN4OS2/c13-8-3-4-19-10(8)6-15-12-11-9(16-7-17-12)2-1-5-20(11,14)18/h3-4,7,14H,1-2,5-6H2,(H,15,16,17). The van der Waals surface area contributed by atoms with Crippen molar-refractivity contribution >= 4 is 38.5 Å². The summed E-state index contributed by atoms with van der Waals surface area (Å²) in [5.41, 5.74) is 0.728. The zero-order valence-electron chi connectivity index (χ0n) is 10.6. The Balaban J connectivity index is 1.93. The maximum atomic E-state index is 12.4. The van der Waals surface area contributed by atoms with E-state index in [1.165, 1.54) is 6.33 Å². The summed E-state index contributed by atoms with van der Waals surface area (Å²) in [5.74, 6) is 0.876. The molecule has 0 aliphatic carbocycles. The molecule has 8 heteroatoms. The van der Waals surface area contributed by atoms with Crippen LogP contribution in [0.4, 0.5) is 5.82 Å². The fourth-order valence-corrected chi connectivity index (χ4v) is 4.99. The van der Waals surface area contributed by atoms with E-state index >= 15 is 0 Å². The fourth-order valence-electron chi connectivity index (χ4n) is 2.22. The van der Waals surface area contributed by atoms with Crippen LogP contribution in [-0.2, 0) is 22.7 Å². The summed E-state index contributed by atoms with van der Waals surface area (Å²) in [6, 6.07) is 1.84. The lowest BCUT2D eigenvalue weighted by molar-refractivity contribution is 0.660. The lowest BCUT2D eigenvalue weighted by atomic mass is 10.2. The van der Waals surface area contributed by atoms with Crippen molar-refractivity contribution in [1.29, 1.82) is 4.78 Å². The Hall–Kier alpha value is -1.18. The average molecular weight is 329 g/mol. The molecule has 2 aromatic rings. The molecule has 3 rings (SSSR count). The third-order valence-electron chi connectivity index (χ3n) is 3.16. The van der Waals surface area contributed by atoms with Gasteiger partial charge in [0, 0.05) is 10.6 Å². The van der Waals surface area contributed by atoms with Crippen molar-refractivity contribution in [3.05, 3.63) is 33.4 Å². The number of rotatable bonds is 3. The first-order valence-electron chi connectivity index (χ1n) is 6.14. The van der Waals surface area contributed by atoms with E-state index in [1.54, 1.807) is 11.3 Å². The number of nitrogens with zero attached hydrogens (tertiary/aromatic N) is 2. The summed E-state index contributed by atoms with van der Waals surface area (Å²) in [7, 11) is -2.79. The minimum atomic E-state index is -2.79. The van der Waals surface area contributed by atoms with Gasteiger partial charge in [-0.15, -0.1) is 11.3 Å². The molecule has 1 unspecified atom stereocenters. The Kier molecular flexibility index (Phi) is 3.66. The molecule has 0 aromatic carbocycles. The summed E-state index contributed by atoms with van der Waals surface area (Å²) in [4.78, 5) is 9.78. The van der Waals surface area contributed by atoms with E-state index in [0.29, 0.717) is 28.0 Å². The van der Waals surface area contributed by atoms with Gasteiger partial charge in [-0.2, -0.15) is 0 Å². The molecular formula is C12H13ClN4OS2. The molecular weight excluding hydrogens is 316 g/mol. The largest absolute Gasteiger partial charge is 0.364 e. The van der Waals surface area contributed by atoms with Crippen molar-refractivity contribution in [2.75, 3.05) is 11.1 Å².